The predicted molar refractivity (Wildman–Crippen MR) is 121 cm³/mol. The van der Waals surface area contributed by atoms with Gasteiger partial charge in [-0.1, -0.05) is 19.4 Å². The fourth-order valence-corrected chi connectivity index (χ4v) is 5.23. The maximum atomic E-state index is 14.0. The van der Waals surface area contributed by atoms with Crippen molar-refractivity contribution in [2.24, 2.45) is 5.92 Å². The summed E-state index contributed by atoms with van der Waals surface area (Å²) in [5, 5.41) is 0. The highest BCUT2D eigenvalue weighted by molar-refractivity contribution is 7.91. The maximum absolute atomic E-state index is 14.0. The summed E-state index contributed by atoms with van der Waals surface area (Å²) in [6.45, 7) is 2.64. The normalized spacial score (nSPS) is 14.9. The van der Waals surface area contributed by atoms with Crippen molar-refractivity contribution in [2.45, 2.75) is 51.5 Å². The molecule has 1 fully saturated rings. The molecule has 1 aromatic carbocycles. The van der Waals surface area contributed by atoms with Crippen LogP contribution < -0.4 is 21.7 Å². The number of benzene rings is 1. The molecular formula is C22H30FN3O5S. The molecular weight excluding hydrogens is 437 g/mol. The molecule has 0 amide bonds. The summed E-state index contributed by atoms with van der Waals surface area (Å²) in [4.78, 5) is 25.1. The number of unbranched alkanes of at least 4 members (excludes halogenated alkanes) is 2. The van der Waals surface area contributed by atoms with Gasteiger partial charge in [0.2, 0.25) is 0 Å². The molecule has 10 heteroatoms. The third-order valence-corrected chi connectivity index (χ3v) is 7.51. The van der Waals surface area contributed by atoms with E-state index in [1.165, 1.54) is 16.8 Å². The SMILES string of the molecule is C[C@@H](CS(=O)(=O)CCCCCn1cc(N)c(=O)[nH]c1=O)c1ccc(F)c(OCC2CC2)c1. The summed E-state index contributed by atoms with van der Waals surface area (Å²) in [7, 11) is -3.30. The number of nitrogens with one attached hydrogen (secondary N) is 1. The van der Waals surface area contributed by atoms with Crippen LogP contribution in [0.3, 0.4) is 0 Å². The molecule has 1 aliphatic carbocycles. The number of aryl methyl sites for hydroxylation is 1. The van der Waals surface area contributed by atoms with E-state index in [-0.39, 0.29) is 28.9 Å². The van der Waals surface area contributed by atoms with E-state index in [2.05, 4.69) is 4.98 Å². The number of hydrogen-bond donors (Lipinski definition) is 2. The van der Waals surface area contributed by atoms with Crippen LogP contribution in [-0.2, 0) is 16.4 Å². The molecule has 0 unspecified atom stereocenters. The number of nitrogens with two attached hydrogens (primary N) is 1. The van der Waals surface area contributed by atoms with Gasteiger partial charge in [0.15, 0.2) is 21.4 Å². The minimum Gasteiger partial charge on any atom is -0.490 e. The number of anilines is 1. The van der Waals surface area contributed by atoms with Crippen molar-refractivity contribution in [2.75, 3.05) is 23.8 Å². The Balaban J connectivity index is 1.46. The van der Waals surface area contributed by atoms with Crippen LogP contribution in [-0.4, -0.2) is 36.1 Å². The number of halogens is 1. The highest BCUT2D eigenvalue weighted by Crippen LogP contribution is 2.31. The van der Waals surface area contributed by atoms with E-state index in [0.717, 1.165) is 18.4 Å². The zero-order valence-electron chi connectivity index (χ0n) is 18.2. The maximum Gasteiger partial charge on any atom is 0.328 e. The van der Waals surface area contributed by atoms with Gasteiger partial charge in [-0.15, -0.1) is 0 Å². The summed E-state index contributed by atoms with van der Waals surface area (Å²) >= 11 is 0. The van der Waals surface area contributed by atoms with Crippen molar-refractivity contribution < 1.29 is 17.5 Å². The van der Waals surface area contributed by atoms with Crippen LogP contribution in [0.1, 0.15) is 50.5 Å². The van der Waals surface area contributed by atoms with Gasteiger partial charge in [0.1, 0.15) is 5.69 Å². The van der Waals surface area contributed by atoms with Gasteiger partial charge < -0.3 is 10.5 Å². The van der Waals surface area contributed by atoms with Gasteiger partial charge >= 0.3 is 5.69 Å². The summed E-state index contributed by atoms with van der Waals surface area (Å²) in [6, 6.07) is 4.53. The van der Waals surface area contributed by atoms with Crippen LogP contribution in [0.25, 0.3) is 0 Å². The number of nitrogen functional groups attached to an aromatic ring is 1. The van der Waals surface area contributed by atoms with Crippen LogP contribution in [0.15, 0.2) is 34.0 Å². The second kappa shape index (κ2) is 10.3. The summed E-state index contributed by atoms with van der Waals surface area (Å²) in [5.41, 5.74) is 5.05. The van der Waals surface area contributed by atoms with E-state index >= 15 is 0 Å². The first-order chi connectivity index (χ1) is 15.1. The third-order valence-electron chi connectivity index (χ3n) is 5.59. The Labute approximate surface area is 186 Å². The van der Waals surface area contributed by atoms with Gasteiger partial charge in [-0.2, -0.15) is 0 Å². The minimum absolute atomic E-state index is 0.0311. The Morgan fingerprint density at radius 3 is 2.72 bits per heavy atom. The monoisotopic (exact) mass is 467 g/mol. The van der Waals surface area contributed by atoms with E-state index in [4.69, 9.17) is 10.5 Å². The predicted octanol–water partition coefficient (Wildman–Crippen LogP) is 2.44. The van der Waals surface area contributed by atoms with Gasteiger partial charge in [0.05, 0.1) is 18.1 Å². The molecule has 0 radical (unpaired) electrons. The first-order valence-corrected chi connectivity index (χ1v) is 12.7. The van der Waals surface area contributed by atoms with E-state index in [1.54, 1.807) is 12.1 Å². The number of aromatic amines is 1. The Hall–Kier alpha value is -2.62. The molecule has 3 rings (SSSR count). The number of aromatic nitrogens is 2. The average Bonchev–Trinajstić information content (AvgIpc) is 3.54. The van der Waals surface area contributed by atoms with Gasteiger partial charge in [0.25, 0.3) is 5.56 Å². The van der Waals surface area contributed by atoms with Gasteiger partial charge in [-0.25, -0.2) is 17.6 Å². The molecule has 0 spiro atoms. The lowest BCUT2D eigenvalue weighted by Gasteiger charge is -2.15. The summed E-state index contributed by atoms with van der Waals surface area (Å²) < 4.78 is 45.9. The van der Waals surface area contributed by atoms with Crippen LogP contribution in [0.5, 0.6) is 5.75 Å². The highest BCUT2D eigenvalue weighted by atomic mass is 32.2. The molecule has 0 aliphatic heterocycles. The molecule has 32 heavy (non-hydrogen) atoms. The fraction of sp³-hybridized carbons (Fsp3) is 0.545. The first-order valence-electron chi connectivity index (χ1n) is 10.9. The van der Waals surface area contributed by atoms with Crippen molar-refractivity contribution >= 4 is 15.5 Å². The van der Waals surface area contributed by atoms with Crippen molar-refractivity contribution in [3.05, 3.63) is 56.6 Å². The molecule has 1 aromatic heterocycles. The Morgan fingerprint density at radius 2 is 2.00 bits per heavy atom. The fourth-order valence-electron chi connectivity index (χ4n) is 3.46. The lowest BCUT2D eigenvalue weighted by molar-refractivity contribution is 0.285. The quantitative estimate of drug-likeness (QED) is 0.462. The Morgan fingerprint density at radius 1 is 1.25 bits per heavy atom. The molecule has 1 heterocycles. The van der Waals surface area contributed by atoms with E-state index in [0.29, 0.717) is 38.3 Å². The van der Waals surface area contributed by atoms with Gasteiger partial charge in [-0.3, -0.25) is 14.3 Å². The molecule has 3 N–H and O–H groups in total. The molecule has 2 aromatic rings. The number of sulfone groups is 1. The van der Waals surface area contributed by atoms with Crippen LogP contribution in [0.2, 0.25) is 0 Å². The number of hydrogen-bond acceptors (Lipinski definition) is 6. The Bertz CT molecular complexity index is 1150. The topological polar surface area (TPSA) is 124 Å². The zero-order valence-corrected chi connectivity index (χ0v) is 19.0. The smallest absolute Gasteiger partial charge is 0.328 e. The zero-order chi connectivity index (χ0) is 23.3. The van der Waals surface area contributed by atoms with Crippen molar-refractivity contribution in [3.8, 4) is 5.75 Å². The molecule has 176 valence electrons. The molecule has 1 atom stereocenters. The standard InChI is InChI=1S/C22H30FN3O5S/c1-15(17-7-8-18(23)20(11-17)31-13-16-5-6-16)14-32(29,30)10-4-2-3-9-26-12-19(24)21(27)25-22(26)28/h7-8,11-12,15-16H,2-6,9-10,13-14,24H2,1H3,(H,25,27,28)/t15-/m0/s1. The van der Waals surface area contributed by atoms with E-state index in [1.807, 2.05) is 6.92 Å². The lowest BCUT2D eigenvalue weighted by atomic mass is 10.0. The number of rotatable bonds is 12. The van der Waals surface area contributed by atoms with Crippen LogP contribution in [0, 0.1) is 11.7 Å². The number of nitrogens with zero attached hydrogens (tertiary/aromatic N) is 1. The molecule has 1 aliphatic rings. The number of ether oxygens (including phenoxy) is 1. The summed E-state index contributed by atoms with van der Waals surface area (Å²) in [6.07, 6.45) is 5.15. The van der Waals surface area contributed by atoms with Crippen LogP contribution >= 0.6 is 0 Å². The van der Waals surface area contributed by atoms with Gasteiger partial charge in [-0.05, 0) is 55.2 Å². The molecule has 0 saturated heterocycles. The third kappa shape index (κ3) is 6.94. The van der Waals surface area contributed by atoms with Crippen LogP contribution in [0.4, 0.5) is 10.1 Å². The second-order valence-electron chi connectivity index (χ2n) is 8.56. The lowest BCUT2D eigenvalue weighted by Crippen LogP contribution is -2.31. The van der Waals surface area contributed by atoms with Crippen molar-refractivity contribution in [3.63, 3.8) is 0 Å². The Kier molecular flexibility index (Phi) is 7.76. The van der Waals surface area contributed by atoms with E-state index < -0.39 is 26.9 Å². The molecule has 1 saturated carbocycles. The first kappa shape index (κ1) is 24.0. The van der Waals surface area contributed by atoms with E-state index in [9.17, 15) is 22.4 Å². The van der Waals surface area contributed by atoms with Crippen molar-refractivity contribution in [1.82, 2.24) is 9.55 Å². The van der Waals surface area contributed by atoms with Crippen molar-refractivity contribution in [1.29, 1.82) is 0 Å². The second-order valence-corrected chi connectivity index (χ2v) is 10.8. The molecule has 8 nitrogen and oxygen atoms in total. The molecule has 0 bridgehead atoms. The summed E-state index contributed by atoms with van der Waals surface area (Å²) in [5.74, 6) is -0.0461. The van der Waals surface area contributed by atoms with Gasteiger partial charge in [0, 0.05) is 12.7 Å². The number of H-pyrrole nitrogens is 1. The largest absolute Gasteiger partial charge is 0.490 e. The highest BCUT2D eigenvalue weighted by Gasteiger charge is 2.23. The minimum atomic E-state index is -3.30. The average molecular weight is 468 g/mol.